The Bertz CT molecular complexity index is 657. The molecule has 1 atom stereocenters. The first-order valence-corrected chi connectivity index (χ1v) is 11.2. The van der Waals surface area contributed by atoms with Crippen molar-refractivity contribution in [3.8, 4) is 0 Å². The maximum Gasteiger partial charge on any atom is 0.240 e. The molecule has 1 aromatic rings. The Morgan fingerprint density at radius 1 is 1.19 bits per heavy atom. The molecular formula is C19H31N3O3S. The first-order chi connectivity index (χ1) is 12.6. The molecule has 6 nitrogen and oxygen atoms in total. The molecular weight excluding hydrogens is 350 g/mol. The minimum atomic E-state index is -3.50. The summed E-state index contributed by atoms with van der Waals surface area (Å²) < 4.78 is 33.4. The highest BCUT2D eigenvalue weighted by Gasteiger charge is 2.22. The standard InChI is InChI=1S/C19H31N3O3S/c1-2-22-11-12-25-18(15-22)14-21-26(23,24)19-9-7-16(8-10-19)13-20-17-5-3-4-6-17/h7-10,17-18,20-21H,2-6,11-15H2,1H3/t18-/m0/s1. The minimum absolute atomic E-state index is 0.0895. The smallest absolute Gasteiger partial charge is 0.240 e. The lowest BCUT2D eigenvalue weighted by Gasteiger charge is -2.32. The monoisotopic (exact) mass is 381 g/mol. The van der Waals surface area contributed by atoms with Crippen LogP contribution in [0.3, 0.4) is 0 Å². The zero-order valence-electron chi connectivity index (χ0n) is 15.6. The third-order valence-corrected chi connectivity index (χ3v) is 6.79. The van der Waals surface area contributed by atoms with E-state index in [1.54, 1.807) is 12.1 Å². The number of nitrogens with zero attached hydrogens (tertiary/aromatic N) is 1. The summed E-state index contributed by atoms with van der Waals surface area (Å²) >= 11 is 0. The highest BCUT2D eigenvalue weighted by atomic mass is 32.2. The van der Waals surface area contributed by atoms with Gasteiger partial charge in [-0.2, -0.15) is 0 Å². The van der Waals surface area contributed by atoms with Crippen LogP contribution in [0.5, 0.6) is 0 Å². The Morgan fingerprint density at radius 2 is 1.92 bits per heavy atom. The number of hydrogen-bond donors (Lipinski definition) is 2. The molecule has 146 valence electrons. The van der Waals surface area contributed by atoms with Crippen LogP contribution in [0.2, 0.25) is 0 Å². The van der Waals surface area contributed by atoms with Crippen molar-refractivity contribution in [1.29, 1.82) is 0 Å². The number of benzene rings is 1. The second-order valence-electron chi connectivity index (χ2n) is 7.24. The summed E-state index contributed by atoms with van der Waals surface area (Å²) in [5.74, 6) is 0. The van der Waals surface area contributed by atoms with E-state index >= 15 is 0 Å². The van der Waals surface area contributed by atoms with Crippen LogP contribution in [0.1, 0.15) is 38.2 Å². The Morgan fingerprint density at radius 3 is 2.62 bits per heavy atom. The molecule has 0 spiro atoms. The van der Waals surface area contributed by atoms with E-state index in [-0.39, 0.29) is 6.10 Å². The van der Waals surface area contributed by atoms with E-state index in [9.17, 15) is 8.42 Å². The number of morpholine rings is 1. The van der Waals surface area contributed by atoms with E-state index in [0.29, 0.717) is 24.1 Å². The molecule has 0 amide bonds. The lowest BCUT2D eigenvalue weighted by Crippen LogP contribution is -2.47. The van der Waals surface area contributed by atoms with Crippen molar-refractivity contribution in [1.82, 2.24) is 14.9 Å². The topological polar surface area (TPSA) is 70.7 Å². The van der Waals surface area contributed by atoms with Crippen LogP contribution >= 0.6 is 0 Å². The van der Waals surface area contributed by atoms with Crippen molar-refractivity contribution in [2.45, 2.75) is 56.2 Å². The molecule has 1 aliphatic heterocycles. The summed E-state index contributed by atoms with van der Waals surface area (Å²) in [7, 11) is -3.50. The van der Waals surface area contributed by atoms with Crippen LogP contribution in [0.15, 0.2) is 29.2 Å². The molecule has 1 saturated carbocycles. The molecule has 2 fully saturated rings. The number of rotatable bonds is 8. The predicted octanol–water partition coefficient (Wildman–Crippen LogP) is 1.72. The molecule has 1 heterocycles. The van der Waals surface area contributed by atoms with Gasteiger partial charge in [0.25, 0.3) is 0 Å². The third-order valence-electron chi connectivity index (χ3n) is 5.35. The molecule has 0 unspecified atom stereocenters. The number of likely N-dealkylation sites (N-methyl/N-ethyl adjacent to an activating group) is 1. The van der Waals surface area contributed by atoms with Crippen molar-refractivity contribution in [3.63, 3.8) is 0 Å². The molecule has 1 aliphatic carbocycles. The highest BCUT2D eigenvalue weighted by molar-refractivity contribution is 7.89. The van der Waals surface area contributed by atoms with Crippen molar-refractivity contribution >= 4 is 10.0 Å². The van der Waals surface area contributed by atoms with Gasteiger partial charge in [-0.05, 0) is 37.1 Å². The fourth-order valence-electron chi connectivity index (χ4n) is 3.66. The van der Waals surface area contributed by atoms with Crippen LogP contribution in [0, 0.1) is 0 Å². The van der Waals surface area contributed by atoms with Gasteiger partial charge in [-0.15, -0.1) is 0 Å². The zero-order valence-corrected chi connectivity index (χ0v) is 16.4. The highest BCUT2D eigenvalue weighted by Crippen LogP contribution is 2.18. The summed E-state index contributed by atoms with van der Waals surface area (Å²) in [6.45, 7) is 6.51. The first-order valence-electron chi connectivity index (χ1n) is 9.73. The van der Waals surface area contributed by atoms with Crippen molar-refractivity contribution in [2.75, 3.05) is 32.8 Å². The number of ether oxygens (including phenoxy) is 1. The SMILES string of the molecule is CCN1CCO[C@@H](CNS(=O)(=O)c2ccc(CNC3CCCC3)cc2)C1. The lowest BCUT2D eigenvalue weighted by molar-refractivity contribution is -0.0229. The number of hydrogen-bond acceptors (Lipinski definition) is 5. The Kier molecular flexibility index (Phi) is 7.05. The average molecular weight is 382 g/mol. The van der Waals surface area contributed by atoms with Crippen molar-refractivity contribution < 1.29 is 13.2 Å². The van der Waals surface area contributed by atoms with Gasteiger partial charge in [0.15, 0.2) is 0 Å². The molecule has 0 aromatic heterocycles. The number of nitrogens with one attached hydrogen (secondary N) is 2. The Labute approximate surface area is 157 Å². The second-order valence-corrected chi connectivity index (χ2v) is 9.01. The van der Waals surface area contributed by atoms with Gasteiger partial charge in [0.05, 0.1) is 17.6 Å². The summed E-state index contributed by atoms with van der Waals surface area (Å²) in [6.07, 6.45) is 5.01. The fourth-order valence-corrected chi connectivity index (χ4v) is 4.72. The summed E-state index contributed by atoms with van der Waals surface area (Å²) in [4.78, 5) is 2.58. The molecule has 3 rings (SSSR count). The molecule has 1 aromatic carbocycles. The molecule has 26 heavy (non-hydrogen) atoms. The van der Waals surface area contributed by atoms with Gasteiger partial charge < -0.3 is 10.1 Å². The van der Waals surface area contributed by atoms with Gasteiger partial charge in [0.2, 0.25) is 10.0 Å². The normalized spacial score (nSPS) is 22.7. The van der Waals surface area contributed by atoms with Gasteiger partial charge in [-0.3, -0.25) is 4.90 Å². The van der Waals surface area contributed by atoms with Gasteiger partial charge in [0, 0.05) is 32.2 Å². The quantitative estimate of drug-likeness (QED) is 0.717. The van der Waals surface area contributed by atoms with E-state index in [2.05, 4.69) is 21.9 Å². The van der Waals surface area contributed by atoms with Crippen molar-refractivity contribution in [2.24, 2.45) is 0 Å². The van der Waals surface area contributed by atoms with Gasteiger partial charge in [0.1, 0.15) is 0 Å². The zero-order chi connectivity index (χ0) is 18.4. The average Bonchev–Trinajstić information content (AvgIpc) is 3.19. The van der Waals surface area contributed by atoms with Crippen molar-refractivity contribution in [3.05, 3.63) is 29.8 Å². The van der Waals surface area contributed by atoms with E-state index in [1.807, 2.05) is 12.1 Å². The molecule has 0 radical (unpaired) electrons. The second kappa shape index (κ2) is 9.28. The molecule has 2 aliphatic rings. The lowest BCUT2D eigenvalue weighted by atomic mass is 10.2. The Hall–Kier alpha value is -0.990. The summed E-state index contributed by atoms with van der Waals surface area (Å²) in [5.41, 5.74) is 1.12. The molecule has 7 heteroatoms. The molecule has 2 N–H and O–H groups in total. The maximum absolute atomic E-state index is 12.5. The summed E-state index contributed by atoms with van der Waals surface area (Å²) in [6, 6.07) is 7.78. The summed E-state index contributed by atoms with van der Waals surface area (Å²) in [5, 5.41) is 3.55. The van der Waals surface area contributed by atoms with E-state index < -0.39 is 10.0 Å². The van der Waals surface area contributed by atoms with Gasteiger partial charge in [-0.1, -0.05) is 31.9 Å². The largest absolute Gasteiger partial charge is 0.374 e. The number of sulfonamides is 1. The van der Waals surface area contributed by atoms with Gasteiger partial charge >= 0.3 is 0 Å². The molecule has 1 saturated heterocycles. The molecule has 0 bridgehead atoms. The minimum Gasteiger partial charge on any atom is -0.374 e. The van der Waals surface area contributed by atoms with Crippen LogP contribution in [0.25, 0.3) is 0 Å². The third kappa shape index (κ3) is 5.50. The van der Waals surface area contributed by atoms with Crippen LogP contribution in [-0.4, -0.2) is 58.2 Å². The van der Waals surface area contributed by atoms with E-state index in [1.165, 1.54) is 25.7 Å². The predicted molar refractivity (Wildman–Crippen MR) is 103 cm³/mol. The first kappa shape index (κ1) is 19.8. The Balaban J connectivity index is 1.50. The van der Waals surface area contributed by atoms with E-state index in [4.69, 9.17) is 4.74 Å². The van der Waals surface area contributed by atoms with E-state index in [0.717, 1.165) is 31.7 Å². The maximum atomic E-state index is 12.5. The fraction of sp³-hybridized carbons (Fsp3) is 0.684. The van der Waals surface area contributed by atoms with Crippen LogP contribution in [0.4, 0.5) is 0 Å². The van der Waals surface area contributed by atoms with Crippen LogP contribution in [-0.2, 0) is 21.3 Å². The van der Waals surface area contributed by atoms with Crippen LogP contribution < -0.4 is 10.0 Å². The van der Waals surface area contributed by atoms with Gasteiger partial charge in [-0.25, -0.2) is 13.1 Å².